The first-order chi connectivity index (χ1) is 8.66. The number of rotatable bonds is 3. The third kappa shape index (κ3) is 2.79. The van der Waals surface area contributed by atoms with Gasteiger partial charge in [-0.25, -0.2) is 9.97 Å². The molecule has 0 fully saturated rings. The second-order valence-corrected chi connectivity index (χ2v) is 3.81. The number of anilines is 1. The van der Waals surface area contributed by atoms with Gasteiger partial charge in [-0.2, -0.15) is 0 Å². The van der Waals surface area contributed by atoms with E-state index in [-0.39, 0.29) is 17.4 Å². The first-order valence-corrected chi connectivity index (χ1v) is 5.42. The zero-order valence-electron chi connectivity index (χ0n) is 9.92. The van der Waals surface area contributed by atoms with Crippen LogP contribution in [0.25, 0.3) is 0 Å². The van der Waals surface area contributed by atoms with Gasteiger partial charge in [0, 0.05) is 18.9 Å². The van der Waals surface area contributed by atoms with Crippen LogP contribution in [0.4, 0.5) is 5.82 Å². The van der Waals surface area contributed by atoms with Gasteiger partial charge >= 0.3 is 0 Å². The van der Waals surface area contributed by atoms with E-state index in [1.165, 1.54) is 12.4 Å². The highest BCUT2D eigenvalue weighted by atomic mass is 16.1. The highest BCUT2D eigenvalue weighted by molar-refractivity contribution is 5.91. The number of nitrogen functional groups attached to an aromatic ring is 1. The summed E-state index contributed by atoms with van der Waals surface area (Å²) in [6.45, 7) is 2.37. The molecule has 0 saturated carbocycles. The van der Waals surface area contributed by atoms with Crippen molar-refractivity contribution in [2.24, 2.45) is 0 Å². The molecule has 18 heavy (non-hydrogen) atoms. The monoisotopic (exact) mass is 243 g/mol. The van der Waals surface area contributed by atoms with Crippen LogP contribution in [-0.4, -0.2) is 20.9 Å². The van der Waals surface area contributed by atoms with Crippen LogP contribution in [0.2, 0.25) is 0 Å². The number of hydrogen-bond acceptors (Lipinski definition) is 5. The van der Waals surface area contributed by atoms with Crippen LogP contribution in [0, 0.1) is 6.92 Å². The Morgan fingerprint density at radius 3 is 2.83 bits per heavy atom. The summed E-state index contributed by atoms with van der Waals surface area (Å²) in [5, 5.41) is 2.75. The number of aromatic nitrogens is 3. The van der Waals surface area contributed by atoms with E-state index in [0.717, 1.165) is 11.1 Å². The molecule has 0 unspecified atom stereocenters. The molecule has 0 aliphatic rings. The average Bonchev–Trinajstić information content (AvgIpc) is 2.38. The van der Waals surface area contributed by atoms with Crippen LogP contribution in [0.1, 0.15) is 21.6 Å². The lowest BCUT2D eigenvalue weighted by molar-refractivity contribution is 0.0945. The third-order valence-electron chi connectivity index (χ3n) is 2.49. The Hall–Kier alpha value is -2.50. The van der Waals surface area contributed by atoms with E-state index in [9.17, 15) is 4.79 Å². The van der Waals surface area contributed by atoms with E-state index in [4.69, 9.17) is 5.73 Å². The van der Waals surface area contributed by atoms with Crippen LogP contribution in [-0.2, 0) is 6.54 Å². The Bertz CT molecular complexity index is 553. The first kappa shape index (κ1) is 12.0. The molecule has 0 aliphatic carbocycles. The molecule has 0 atom stereocenters. The van der Waals surface area contributed by atoms with Gasteiger partial charge in [-0.1, -0.05) is 0 Å². The Labute approximate surface area is 104 Å². The molecular formula is C12H13N5O. The molecule has 0 bridgehead atoms. The summed E-state index contributed by atoms with van der Waals surface area (Å²) >= 11 is 0. The zero-order valence-corrected chi connectivity index (χ0v) is 9.92. The van der Waals surface area contributed by atoms with Crippen LogP contribution < -0.4 is 11.1 Å². The molecule has 92 valence electrons. The smallest absolute Gasteiger partial charge is 0.271 e. The van der Waals surface area contributed by atoms with Crippen molar-refractivity contribution < 1.29 is 4.79 Å². The molecule has 3 N–H and O–H groups in total. The Balaban J connectivity index is 2.01. The fraction of sp³-hybridized carbons (Fsp3) is 0.167. The SMILES string of the molecule is Cc1ccncc1CNC(=O)c1cnc(N)cn1. The van der Waals surface area contributed by atoms with Gasteiger partial charge in [0.15, 0.2) is 0 Å². The van der Waals surface area contributed by atoms with E-state index < -0.39 is 0 Å². The molecule has 0 aliphatic heterocycles. The fourth-order valence-electron chi connectivity index (χ4n) is 1.40. The third-order valence-corrected chi connectivity index (χ3v) is 2.49. The van der Waals surface area contributed by atoms with Crippen molar-refractivity contribution in [3.63, 3.8) is 0 Å². The molecule has 6 nitrogen and oxygen atoms in total. The van der Waals surface area contributed by atoms with E-state index in [1.54, 1.807) is 12.4 Å². The maximum atomic E-state index is 11.8. The molecule has 0 radical (unpaired) electrons. The fourth-order valence-corrected chi connectivity index (χ4v) is 1.40. The number of hydrogen-bond donors (Lipinski definition) is 2. The van der Waals surface area contributed by atoms with Gasteiger partial charge in [0.1, 0.15) is 11.5 Å². The summed E-state index contributed by atoms with van der Waals surface area (Å²) < 4.78 is 0. The van der Waals surface area contributed by atoms with Crippen LogP contribution in [0.5, 0.6) is 0 Å². The number of nitrogens with zero attached hydrogens (tertiary/aromatic N) is 3. The van der Waals surface area contributed by atoms with Gasteiger partial charge < -0.3 is 11.1 Å². The van der Waals surface area contributed by atoms with E-state index >= 15 is 0 Å². The number of nitrogens with two attached hydrogens (primary N) is 1. The van der Waals surface area contributed by atoms with Crippen molar-refractivity contribution in [3.05, 3.63) is 47.7 Å². The van der Waals surface area contributed by atoms with Crippen molar-refractivity contribution in [2.75, 3.05) is 5.73 Å². The minimum absolute atomic E-state index is 0.241. The molecule has 0 saturated heterocycles. The predicted octanol–water partition coefficient (Wildman–Crippen LogP) is 0.692. The summed E-state index contributed by atoms with van der Waals surface area (Å²) in [4.78, 5) is 23.5. The van der Waals surface area contributed by atoms with Crippen molar-refractivity contribution in [2.45, 2.75) is 13.5 Å². The Morgan fingerprint density at radius 1 is 1.33 bits per heavy atom. The zero-order chi connectivity index (χ0) is 13.0. The van der Waals surface area contributed by atoms with E-state index in [0.29, 0.717) is 6.54 Å². The van der Waals surface area contributed by atoms with Gasteiger partial charge in [-0.15, -0.1) is 0 Å². The highest BCUT2D eigenvalue weighted by Crippen LogP contribution is 2.04. The normalized spacial score (nSPS) is 10.1. The predicted molar refractivity (Wildman–Crippen MR) is 66.6 cm³/mol. The lowest BCUT2D eigenvalue weighted by Crippen LogP contribution is -2.24. The number of aryl methyl sites for hydroxylation is 1. The molecule has 0 aromatic carbocycles. The molecule has 2 rings (SSSR count). The standard InChI is InChI=1S/C12H13N5O/c1-8-2-3-14-4-9(8)5-17-12(18)10-6-16-11(13)7-15-10/h2-4,6-7H,5H2,1H3,(H2,13,16)(H,17,18). The van der Waals surface area contributed by atoms with Crippen LogP contribution in [0.15, 0.2) is 30.9 Å². The molecule has 6 heteroatoms. The molecule has 1 amide bonds. The summed E-state index contributed by atoms with van der Waals surface area (Å²) in [5.41, 5.74) is 7.68. The lowest BCUT2D eigenvalue weighted by Gasteiger charge is -2.06. The molecule has 0 spiro atoms. The van der Waals surface area contributed by atoms with E-state index in [1.807, 2.05) is 13.0 Å². The van der Waals surface area contributed by atoms with Crippen LogP contribution >= 0.6 is 0 Å². The quantitative estimate of drug-likeness (QED) is 0.827. The number of pyridine rings is 1. The first-order valence-electron chi connectivity index (χ1n) is 5.42. The Morgan fingerprint density at radius 2 is 2.17 bits per heavy atom. The molecule has 2 aromatic heterocycles. The van der Waals surface area contributed by atoms with Crippen molar-refractivity contribution in [1.82, 2.24) is 20.3 Å². The Kier molecular flexibility index (Phi) is 3.47. The topological polar surface area (TPSA) is 93.8 Å². The van der Waals surface area contributed by atoms with Gasteiger partial charge in [-0.3, -0.25) is 9.78 Å². The van der Waals surface area contributed by atoms with E-state index in [2.05, 4.69) is 20.3 Å². The van der Waals surface area contributed by atoms with Gasteiger partial charge in [0.2, 0.25) is 0 Å². The second-order valence-electron chi connectivity index (χ2n) is 3.81. The van der Waals surface area contributed by atoms with Crippen LogP contribution in [0.3, 0.4) is 0 Å². The maximum Gasteiger partial charge on any atom is 0.271 e. The van der Waals surface area contributed by atoms with Gasteiger partial charge in [0.05, 0.1) is 12.4 Å². The lowest BCUT2D eigenvalue weighted by atomic mass is 10.1. The van der Waals surface area contributed by atoms with Crippen molar-refractivity contribution in [3.8, 4) is 0 Å². The minimum Gasteiger partial charge on any atom is -0.382 e. The summed E-state index contributed by atoms with van der Waals surface area (Å²) in [5.74, 6) is 0.000377. The molecule has 2 heterocycles. The summed E-state index contributed by atoms with van der Waals surface area (Å²) in [6, 6.07) is 1.89. The molecular weight excluding hydrogens is 230 g/mol. The average molecular weight is 243 g/mol. The second kappa shape index (κ2) is 5.22. The highest BCUT2D eigenvalue weighted by Gasteiger charge is 2.07. The number of carbonyl (C=O) groups excluding carboxylic acids is 1. The summed E-state index contributed by atoms with van der Waals surface area (Å²) in [7, 11) is 0. The largest absolute Gasteiger partial charge is 0.382 e. The number of carbonyl (C=O) groups is 1. The molecule has 2 aromatic rings. The van der Waals surface area contributed by atoms with Crippen molar-refractivity contribution in [1.29, 1.82) is 0 Å². The maximum absolute atomic E-state index is 11.8. The number of amides is 1. The van der Waals surface area contributed by atoms with Gasteiger partial charge in [-0.05, 0) is 24.1 Å². The van der Waals surface area contributed by atoms with Gasteiger partial charge in [0.25, 0.3) is 5.91 Å². The minimum atomic E-state index is -0.286. The van der Waals surface area contributed by atoms with Crippen molar-refractivity contribution >= 4 is 11.7 Å². The number of nitrogens with one attached hydrogen (secondary N) is 1. The summed E-state index contributed by atoms with van der Waals surface area (Å²) in [6.07, 6.45) is 6.14.